The second-order valence-corrected chi connectivity index (χ2v) is 6.97. The lowest BCUT2D eigenvalue weighted by atomic mass is 9.90. The molecule has 1 heterocycles. The Morgan fingerprint density at radius 3 is 2.79 bits per heavy atom. The van der Waals surface area contributed by atoms with Crippen LogP contribution in [-0.2, 0) is 11.3 Å². The molecule has 0 saturated heterocycles. The first-order valence-corrected chi connectivity index (χ1v) is 9.64. The Morgan fingerprint density at radius 1 is 1.24 bits per heavy atom. The number of nitrogens with one attached hydrogen (secondary N) is 3. The van der Waals surface area contributed by atoms with Crippen molar-refractivity contribution in [3.05, 3.63) is 59.2 Å². The second kappa shape index (κ2) is 11.0. The summed E-state index contributed by atoms with van der Waals surface area (Å²) in [7, 11) is 1.67. The fraction of sp³-hybridized carbons (Fsp3) is 0.364. The zero-order chi connectivity index (χ0) is 19.9. The monoisotopic (exact) mass is 508 g/mol. The van der Waals surface area contributed by atoms with Crippen molar-refractivity contribution in [2.75, 3.05) is 25.5 Å². The summed E-state index contributed by atoms with van der Waals surface area (Å²) in [6.07, 6.45) is 0.471. The lowest BCUT2D eigenvalue weighted by molar-refractivity contribution is -0.116. The summed E-state index contributed by atoms with van der Waals surface area (Å²) in [5.74, 6) is 1.76. The number of rotatable bonds is 6. The number of benzene rings is 2. The van der Waals surface area contributed by atoms with Crippen molar-refractivity contribution in [2.45, 2.75) is 32.7 Å². The zero-order valence-electron chi connectivity index (χ0n) is 17.1. The molecule has 0 bridgehead atoms. The summed E-state index contributed by atoms with van der Waals surface area (Å²) >= 11 is 0. The van der Waals surface area contributed by atoms with Crippen LogP contribution in [0, 0.1) is 6.92 Å². The number of amides is 1. The van der Waals surface area contributed by atoms with E-state index in [0.29, 0.717) is 19.5 Å². The van der Waals surface area contributed by atoms with Crippen molar-refractivity contribution in [3.8, 4) is 5.75 Å². The Kier molecular flexibility index (Phi) is 8.75. The van der Waals surface area contributed by atoms with Gasteiger partial charge in [0.2, 0.25) is 5.91 Å². The van der Waals surface area contributed by atoms with Gasteiger partial charge in [0.25, 0.3) is 0 Å². The van der Waals surface area contributed by atoms with E-state index in [-0.39, 0.29) is 35.8 Å². The molecule has 0 aliphatic carbocycles. The van der Waals surface area contributed by atoms with Gasteiger partial charge in [-0.15, -0.1) is 24.0 Å². The number of fused-ring (bicyclic) bond motifs is 1. The average molecular weight is 508 g/mol. The van der Waals surface area contributed by atoms with Gasteiger partial charge >= 0.3 is 0 Å². The number of carbonyl (C=O) groups excluding carboxylic acids is 1. The quantitative estimate of drug-likeness (QED) is 0.315. The molecule has 1 unspecified atom stereocenters. The third-order valence-electron chi connectivity index (χ3n) is 4.73. The van der Waals surface area contributed by atoms with Gasteiger partial charge in [0.05, 0.1) is 13.7 Å². The van der Waals surface area contributed by atoms with Crippen molar-refractivity contribution in [1.82, 2.24) is 10.6 Å². The number of carbonyl (C=O) groups is 1. The summed E-state index contributed by atoms with van der Waals surface area (Å²) in [4.78, 5) is 16.7. The number of hydrogen-bond donors (Lipinski definition) is 3. The number of aryl methyl sites for hydroxylation is 1. The van der Waals surface area contributed by atoms with Crippen LogP contribution < -0.4 is 20.7 Å². The summed E-state index contributed by atoms with van der Waals surface area (Å²) in [5.41, 5.74) is 4.30. The SMILES string of the molecule is CCNC(=NCc1cc(C)cc(OC)c1)NCC1CC(=O)Nc2ccccc21.I. The van der Waals surface area contributed by atoms with Crippen LogP contribution in [0.15, 0.2) is 47.5 Å². The van der Waals surface area contributed by atoms with Gasteiger partial charge in [-0.05, 0) is 48.7 Å². The van der Waals surface area contributed by atoms with Crippen LogP contribution in [-0.4, -0.2) is 32.1 Å². The van der Waals surface area contributed by atoms with Crippen LogP contribution in [0.3, 0.4) is 0 Å². The van der Waals surface area contributed by atoms with Gasteiger partial charge in [-0.2, -0.15) is 0 Å². The Hall–Kier alpha value is -2.29. The molecule has 0 radical (unpaired) electrons. The smallest absolute Gasteiger partial charge is 0.225 e. The predicted octanol–water partition coefficient (Wildman–Crippen LogP) is 3.80. The molecule has 2 aromatic carbocycles. The number of ether oxygens (including phenoxy) is 1. The maximum atomic E-state index is 12.0. The molecule has 29 heavy (non-hydrogen) atoms. The first-order chi connectivity index (χ1) is 13.6. The molecular weight excluding hydrogens is 479 g/mol. The van der Waals surface area contributed by atoms with Crippen LogP contribution in [0.5, 0.6) is 5.75 Å². The standard InChI is InChI=1S/C22H28N4O2.HI/c1-4-23-22(24-13-16-9-15(2)10-18(11-16)28-3)25-14-17-12-21(27)26-20-8-6-5-7-19(17)20;/h5-11,17H,4,12-14H2,1-3H3,(H,26,27)(H2,23,24,25);1H. The lowest BCUT2D eigenvalue weighted by Gasteiger charge is -2.26. The fourth-order valence-corrected chi connectivity index (χ4v) is 3.45. The van der Waals surface area contributed by atoms with E-state index >= 15 is 0 Å². The van der Waals surface area contributed by atoms with E-state index < -0.39 is 0 Å². The van der Waals surface area contributed by atoms with Crippen molar-refractivity contribution in [1.29, 1.82) is 0 Å². The third-order valence-corrected chi connectivity index (χ3v) is 4.73. The molecule has 1 aliphatic heterocycles. The van der Waals surface area contributed by atoms with Gasteiger partial charge in [0, 0.05) is 31.1 Å². The minimum absolute atomic E-state index is 0. The first kappa shape index (κ1) is 23.0. The molecule has 1 amide bonds. The molecule has 0 saturated carbocycles. The van der Waals surface area contributed by atoms with Crippen molar-refractivity contribution < 1.29 is 9.53 Å². The molecule has 3 rings (SSSR count). The van der Waals surface area contributed by atoms with Gasteiger partial charge in [-0.3, -0.25) is 4.79 Å². The molecule has 7 heteroatoms. The Bertz CT molecular complexity index is 870. The molecule has 0 fully saturated rings. The first-order valence-electron chi connectivity index (χ1n) is 9.64. The van der Waals surface area contributed by atoms with Crippen LogP contribution in [0.1, 0.15) is 36.0 Å². The Morgan fingerprint density at radius 2 is 2.03 bits per heavy atom. The van der Waals surface area contributed by atoms with Gasteiger partial charge in [-0.1, -0.05) is 24.3 Å². The van der Waals surface area contributed by atoms with Crippen LogP contribution in [0.4, 0.5) is 5.69 Å². The molecule has 0 aromatic heterocycles. The van der Waals surface area contributed by atoms with Crippen LogP contribution in [0.25, 0.3) is 0 Å². The van der Waals surface area contributed by atoms with Crippen molar-refractivity contribution in [2.24, 2.45) is 4.99 Å². The second-order valence-electron chi connectivity index (χ2n) is 6.97. The number of hydrogen-bond acceptors (Lipinski definition) is 3. The molecule has 0 spiro atoms. The minimum Gasteiger partial charge on any atom is -0.497 e. The highest BCUT2D eigenvalue weighted by Crippen LogP contribution is 2.31. The molecule has 1 aliphatic rings. The predicted molar refractivity (Wildman–Crippen MR) is 128 cm³/mol. The van der Waals surface area contributed by atoms with E-state index in [2.05, 4.69) is 28.1 Å². The van der Waals surface area contributed by atoms with E-state index in [4.69, 9.17) is 9.73 Å². The van der Waals surface area contributed by atoms with E-state index in [1.165, 1.54) is 0 Å². The van der Waals surface area contributed by atoms with Crippen molar-refractivity contribution in [3.63, 3.8) is 0 Å². The highest BCUT2D eigenvalue weighted by atomic mass is 127. The van der Waals surface area contributed by atoms with Crippen LogP contribution >= 0.6 is 24.0 Å². The average Bonchev–Trinajstić information content (AvgIpc) is 2.69. The summed E-state index contributed by atoms with van der Waals surface area (Å²) < 4.78 is 5.34. The maximum absolute atomic E-state index is 12.0. The number of halogens is 1. The van der Waals surface area contributed by atoms with E-state index in [1.807, 2.05) is 44.2 Å². The highest BCUT2D eigenvalue weighted by molar-refractivity contribution is 14.0. The molecule has 3 N–H and O–H groups in total. The number of nitrogens with zero attached hydrogens (tertiary/aromatic N) is 1. The summed E-state index contributed by atoms with van der Waals surface area (Å²) in [6.45, 7) is 6.05. The number of methoxy groups -OCH3 is 1. The molecule has 6 nitrogen and oxygen atoms in total. The van der Waals surface area contributed by atoms with Gasteiger partial charge in [0.15, 0.2) is 5.96 Å². The molecule has 1 atom stereocenters. The van der Waals surface area contributed by atoms with E-state index in [1.54, 1.807) is 7.11 Å². The minimum atomic E-state index is 0. The van der Waals surface area contributed by atoms with E-state index in [9.17, 15) is 4.79 Å². The van der Waals surface area contributed by atoms with Gasteiger partial charge < -0.3 is 20.7 Å². The highest BCUT2D eigenvalue weighted by Gasteiger charge is 2.24. The normalized spacial score (nSPS) is 15.6. The summed E-state index contributed by atoms with van der Waals surface area (Å²) in [5, 5.41) is 9.61. The van der Waals surface area contributed by atoms with Crippen molar-refractivity contribution >= 4 is 41.5 Å². The fourth-order valence-electron chi connectivity index (χ4n) is 3.45. The number of para-hydroxylation sites is 1. The molecule has 2 aromatic rings. The maximum Gasteiger partial charge on any atom is 0.225 e. The Balaban J connectivity index is 0.00000300. The zero-order valence-corrected chi connectivity index (χ0v) is 19.4. The molecule has 156 valence electrons. The van der Waals surface area contributed by atoms with Crippen LogP contribution in [0.2, 0.25) is 0 Å². The largest absolute Gasteiger partial charge is 0.497 e. The third kappa shape index (κ3) is 6.35. The molecular formula is C22H29IN4O2. The van der Waals surface area contributed by atoms with E-state index in [0.717, 1.165) is 40.6 Å². The topological polar surface area (TPSA) is 74.8 Å². The lowest BCUT2D eigenvalue weighted by Crippen LogP contribution is -2.40. The van der Waals surface area contributed by atoms with Gasteiger partial charge in [0.1, 0.15) is 5.75 Å². The number of guanidine groups is 1. The summed E-state index contributed by atoms with van der Waals surface area (Å²) in [6, 6.07) is 14.1. The number of anilines is 1. The van der Waals surface area contributed by atoms with Gasteiger partial charge in [-0.25, -0.2) is 4.99 Å². The number of aliphatic imine (C=N–C) groups is 1. The Labute approximate surface area is 189 Å².